The highest BCUT2D eigenvalue weighted by atomic mass is 19.1. The van der Waals surface area contributed by atoms with Crippen LogP contribution in [0.1, 0.15) is 52.7 Å². The molecule has 218 valence electrons. The topological polar surface area (TPSA) is 40.2 Å². The summed E-state index contributed by atoms with van der Waals surface area (Å²) in [5.74, 6) is 0.945. The van der Waals surface area contributed by atoms with Crippen LogP contribution < -0.4 is 9.64 Å². The van der Waals surface area contributed by atoms with Gasteiger partial charge < -0.3 is 23.8 Å². The Kier molecular flexibility index (Phi) is 8.84. The van der Waals surface area contributed by atoms with Gasteiger partial charge in [0.15, 0.2) is 6.29 Å². The van der Waals surface area contributed by atoms with Crippen LogP contribution in [0.5, 0.6) is 5.75 Å². The average Bonchev–Trinajstić information content (AvgIpc) is 3.05. The Morgan fingerprint density at radius 3 is 2.21 bits per heavy atom. The molecule has 0 amide bonds. The molecule has 5 nitrogen and oxygen atoms in total. The van der Waals surface area contributed by atoms with Gasteiger partial charge in [0.2, 0.25) is 0 Å². The minimum Gasteiger partial charge on any atom is -0.489 e. The highest BCUT2D eigenvalue weighted by Crippen LogP contribution is 2.46. The van der Waals surface area contributed by atoms with E-state index in [1.54, 1.807) is 14.2 Å². The van der Waals surface area contributed by atoms with Crippen LogP contribution in [-0.2, 0) is 27.4 Å². The zero-order valence-corrected chi connectivity index (χ0v) is 24.2. The van der Waals surface area contributed by atoms with Crippen molar-refractivity contribution in [3.8, 4) is 5.75 Å². The molecule has 2 atom stereocenters. The predicted octanol–water partition coefficient (Wildman–Crippen LogP) is 7.64. The summed E-state index contributed by atoms with van der Waals surface area (Å²) in [6.45, 7) is 2.91. The van der Waals surface area contributed by atoms with E-state index >= 15 is 0 Å². The number of fused-ring (bicyclic) bond motifs is 1. The molecule has 0 spiro atoms. The number of hydrogen-bond acceptors (Lipinski definition) is 5. The molecule has 0 aliphatic carbocycles. The van der Waals surface area contributed by atoms with E-state index in [-0.39, 0.29) is 24.1 Å². The van der Waals surface area contributed by atoms with Crippen molar-refractivity contribution in [2.75, 3.05) is 32.2 Å². The van der Waals surface area contributed by atoms with Gasteiger partial charge in [0.05, 0.1) is 12.7 Å². The number of anilines is 1. The van der Waals surface area contributed by atoms with E-state index in [1.165, 1.54) is 28.9 Å². The number of ether oxygens (including phenoxy) is 4. The smallest absolute Gasteiger partial charge is 0.159 e. The van der Waals surface area contributed by atoms with E-state index in [4.69, 9.17) is 18.9 Å². The molecule has 0 radical (unpaired) electrons. The van der Waals surface area contributed by atoms with Crippen LogP contribution in [0.15, 0.2) is 97.1 Å². The minimum absolute atomic E-state index is 0.0358. The summed E-state index contributed by atoms with van der Waals surface area (Å²) in [4.78, 5) is 2.43. The molecular weight excluding hydrogens is 529 g/mol. The van der Waals surface area contributed by atoms with Gasteiger partial charge in [0.25, 0.3) is 0 Å². The fourth-order valence-corrected chi connectivity index (χ4v) is 6.38. The molecule has 6 rings (SSSR count). The third kappa shape index (κ3) is 6.21. The van der Waals surface area contributed by atoms with Gasteiger partial charge in [-0.2, -0.15) is 0 Å². The fraction of sp³-hybridized carbons (Fsp3) is 0.333. The number of nitrogens with zero attached hydrogens (tertiary/aromatic N) is 1. The number of rotatable bonds is 9. The zero-order chi connectivity index (χ0) is 28.9. The first-order valence-electron chi connectivity index (χ1n) is 14.7. The molecule has 0 aromatic heterocycles. The van der Waals surface area contributed by atoms with Crippen molar-refractivity contribution in [2.45, 2.75) is 44.4 Å². The maximum atomic E-state index is 13.8. The predicted molar refractivity (Wildman–Crippen MR) is 162 cm³/mol. The zero-order valence-electron chi connectivity index (χ0n) is 24.2. The lowest BCUT2D eigenvalue weighted by Gasteiger charge is -2.37. The van der Waals surface area contributed by atoms with E-state index in [9.17, 15) is 4.39 Å². The largest absolute Gasteiger partial charge is 0.489 e. The van der Waals surface area contributed by atoms with E-state index in [2.05, 4.69) is 53.4 Å². The molecule has 2 aliphatic rings. The van der Waals surface area contributed by atoms with Crippen LogP contribution in [0.25, 0.3) is 0 Å². The summed E-state index contributed by atoms with van der Waals surface area (Å²) in [6.07, 6.45) is 1.68. The van der Waals surface area contributed by atoms with Crippen molar-refractivity contribution >= 4 is 5.69 Å². The Labute approximate surface area is 247 Å². The fourth-order valence-electron chi connectivity index (χ4n) is 6.38. The van der Waals surface area contributed by atoms with Gasteiger partial charge in [0, 0.05) is 44.8 Å². The molecule has 4 aromatic carbocycles. The Hall–Kier alpha value is -3.71. The number of hydrogen-bond donors (Lipinski definition) is 0. The van der Waals surface area contributed by atoms with Crippen LogP contribution in [0.3, 0.4) is 0 Å². The number of methoxy groups -OCH3 is 2. The molecule has 6 heteroatoms. The molecule has 2 aliphatic heterocycles. The molecule has 4 aromatic rings. The van der Waals surface area contributed by atoms with E-state index in [0.717, 1.165) is 48.4 Å². The number of piperidine rings is 1. The molecular formula is C36H38FNO4. The Morgan fingerprint density at radius 1 is 0.833 bits per heavy atom. The highest BCUT2D eigenvalue weighted by molar-refractivity contribution is 5.52. The van der Waals surface area contributed by atoms with Gasteiger partial charge in [-0.1, -0.05) is 60.7 Å². The van der Waals surface area contributed by atoms with Crippen LogP contribution in [-0.4, -0.2) is 33.6 Å². The van der Waals surface area contributed by atoms with Crippen LogP contribution in [0.4, 0.5) is 10.1 Å². The quantitative estimate of drug-likeness (QED) is 0.194. The molecule has 2 unspecified atom stereocenters. The van der Waals surface area contributed by atoms with Crippen LogP contribution in [0.2, 0.25) is 0 Å². The lowest BCUT2D eigenvalue weighted by atomic mass is 9.79. The Balaban J connectivity index is 1.24. The molecule has 42 heavy (non-hydrogen) atoms. The van der Waals surface area contributed by atoms with Gasteiger partial charge in [-0.3, -0.25) is 0 Å². The maximum absolute atomic E-state index is 13.8. The van der Waals surface area contributed by atoms with Crippen molar-refractivity contribution in [3.63, 3.8) is 0 Å². The molecule has 0 N–H and O–H groups in total. The first-order chi connectivity index (χ1) is 20.6. The van der Waals surface area contributed by atoms with Gasteiger partial charge in [-0.05, 0) is 77.1 Å². The van der Waals surface area contributed by atoms with Crippen molar-refractivity contribution in [3.05, 3.63) is 131 Å². The monoisotopic (exact) mass is 567 g/mol. The average molecular weight is 568 g/mol. The standard InChI is InChI=1S/C36H38FNO4/c1-39-36(40-2)28-18-20-38(21-19-28)31-14-10-26(11-15-31)34-33-17-16-32(41-23-25-6-4-3-5-7-25)22-29(33)24-42-35(34)27-8-12-30(37)13-9-27/h3-17,22,28,34-36H,18-21,23-24H2,1-2H3. The van der Waals surface area contributed by atoms with Gasteiger partial charge in [-0.25, -0.2) is 4.39 Å². The van der Waals surface area contributed by atoms with Crippen molar-refractivity contribution in [1.29, 1.82) is 0 Å². The van der Waals surface area contributed by atoms with Crippen LogP contribution >= 0.6 is 0 Å². The third-order valence-corrected chi connectivity index (χ3v) is 8.62. The second kappa shape index (κ2) is 13.1. The first-order valence-corrected chi connectivity index (χ1v) is 14.7. The van der Waals surface area contributed by atoms with Crippen molar-refractivity contribution < 1.29 is 23.3 Å². The second-order valence-electron chi connectivity index (χ2n) is 11.2. The summed E-state index contributed by atoms with van der Waals surface area (Å²) in [5, 5.41) is 0. The lowest BCUT2D eigenvalue weighted by molar-refractivity contribution is -0.141. The SMILES string of the molecule is COC(OC)C1CCN(c2ccc(C3c4ccc(OCc5ccccc5)cc4COC3c3ccc(F)cc3)cc2)CC1. The minimum atomic E-state index is -0.248. The number of halogens is 1. The molecule has 0 bridgehead atoms. The lowest BCUT2D eigenvalue weighted by Crippen LogP contribution is -2.39. The van der Waals surface area contributed by atoms with Gasteiger partial charge >= 0.3 is 0 Å². The van der Waals surface area contributed by atoms with E-state index in [0.29, 0.717) is 19.1 Å². The number of benzene rings is 4. The summed E-state index contributed by atoms with van der Waals surface area (Å²) in [6, 6.07) is 32.0. The summed E-state index contributed by atoms with van der Waals surface area (Å²) in [5.41, 5.74) is 6.79. The molecule has 0 saturated carbocycles. The Bertz CT molecular complexity index is 1430. The third-order valence-electron chi connectivity index (χ3n) is 8.62. The second-order valence-corrected chi connectivity index (χ2v) is 11.2. The highest BCUT2D eigenvalue weighted by Gasteiger charge is 2.34. The molecule has 2 heterocycles. The molecule has 1 fully saturated rings. The summed E-state index contributed by atoms with van der Waals surface area (Å²) in [7, 11) is 3.42. The van der Waals surface area contributed by atoms with Crippen molar-refractivity contribution in [1.82, 2.24) is 0 Å². The van der Waals surface area contributed by atoms with Gasteiger partial charge in [-0.15, -0.1) is 0 Å². The Morgan fingerprint density at radius 2 is 1.52 bits per heavy atom. The maximum Gasteiger partial charge on any atom is 0.159 e. The van der Waals surface area contributed by atoms with E-state index < -0.39 is 0 Å². The van der Waals surface area contributed by atoms with Gasteiger partial charge in [0.1, 0.15) is 18.2 Å². The van der Waals surface area contributed by atoms with Crippen molar-refractivity contribution in [2.24, 2.45) is 5.92 Å². The summed E-state index contributed by atoms with van der Waals surface area (Å²) < 4.78 is 37.4. The van der Waals surface area contributed by atoms with E-state index in [1.807, 2.05) is 36.4 Å². The van der Waals surface area contributed by atoms with Crippen LogP contribution in [0, 0.1) is 11.7 Å². The first kappa shape index (κ1) is 28.4. The molecule has 1 saturated heterocycles. The normalized spacial score (nSPS) is 19.1. The summed E-state index contributed by atoms with van der Waals surface area (Å²) >= 11 is 0.